The number of nitrogens with zero attached hydrogens (tertiary/aromatic N) is 1. The monoisotopic (exact) mass is 340 g/mol. The van der Waals surface area contributed by atoms with E-state index in [1.807, 2.05) is 20.8 Å². The molecule has 0 atom stereocenters. The molecule has 0 bridgehead atoms. The summed E-state index contributed by atoms with van der Waals surface area (Å²) in [5.41, 5.74) is 1.98. The van der Waals surface area contributed by atoms with Gasteiger partial charge in [-0.05, 0) is 50.5 Å². The normalized spacial score (nSPS) is 11.5. The molecule has 0 saturated heterocycles. The number of sulfonamides is 1. The van der Waals surface area contributed by atoms with E-state index in [0.717, 1.165) is 30.5 Å². The first-order valence-electron chi connectivity index (χ1n) is 8.16. The van der Waals surface area contributed by atoms with Crippen molar-refractivity contribution in [1.82, 2.24) is 9.62 Å². The quantitative estimate of drug-likeness (QED) is 0.751. The first-order chi connectivity index (χ1) is 10.8. The molecule has 0 saturated carbocycles. The average molecular weight is 340 g/mol. The highest BCUT2D eigenvalue weighted by Gasteiger charge is 2.16. The van der Waals surface area contributed by atoms with Gasteiger partial charge in [0, 0.05) is 26.1 Å². The number of nitrogens with one attached hydrogen (secondary N) is 1. The van der Waals surface area contributed by atoms with Gasteiger partial charge in [0.2, 0.25) is 15.9 Å². The Hall–Kier alpha value is -1.40. The average Bonchev–Trinajstić information content (AvgIpc) is 2.50. The van der Waals surface area contributed by atoms with Crippen LogP contribution in [0, 0.1) is 13.8 Å². The van der Waals surface area contributed by atoms with Crippen LogP contribution in [-0.2, 0) is 14.8 Å². The van der Waals surface area contributed by atoms with Crippen molar-refractivity contribution in [2.45, 2.75) is 51.9 Å². The van der Waals surface area contributed by atoms with Crippen molar-refractivity contribution in [2.24, 2.45) is 0 Å². The standard InChI is InChI=1S/C17H28N2O3S/c1-5-7-12-19(6-2)17(20)10-11-18-23(21,22)16-9-8-14(3)15(4)13-16/h8-9,13,18H,5-7,10-12H2,1-4H3. The molecule has 0 spiro atoms. The molecular weight excluding hydrogens is 312 g/mol. The summed E-state index contributed by atoms with van der Waals surface area (Å²) in [5, 5.41) is 0. The van der Waals surface area contributed by atoms with E-state index in [4.69, 9.17) is 0 Å². The van der Waals surface area contributed by atoms with Crippen LogP contribution < -0.4 is 4.72 Å². The molecule has 6 heteroatoms. The summed E-state index contributed by atoms with van der Waals surface area (Å²) in [6, 6.07) is 5.03. The summed E-state index contributed by atoms with van der Waals surface area (Å²) in [5.74, 6) is -0.0104. The molecule has 0 aliphatic heterocycles. The smallest absolute Gasteiger partial charge is 0.240 e. The minimum atomic E-state index is -3.57. The Morgan fingerprint density at radius 1 is 1.17 bits per heavy atom. The summed E-state index contributed by atoms with van der Waals surface area (Å²) in [6.07, 6.45) is 2.18. The Balaban J connectivity index is 2.59. The third kappa shape index (κ3) is 5.95. The van der Waals surface area contributed by atoms with Gasteiger partial charge < -0.3 is 4.90 Å². The molecule has 0 aliphatic carbocycles. The highest BCUT2D eigenvalue weighted by molar-refractivity contribution is 7.89. The number of carbonyl (C=O) groups is 1. The lowest BCUT2D eigenvalue weighted by atomic mass is 10.1. The van der Waals surface area contributed by atoms with Gasteiger partial charge in [0.1, 0.15) is 0 Å². The zero-order valence-electron chi connectivity index (χ0n) is 14.6. The van der Waals surface area contributed by atoms with Crippen molar-refractivity contribution in [3.05, 3.63) is 29.3 Å². The summed E-state index contributed by atoms with van der Waals surface area (Å²) in [4.78, 5) is 14.1. The summed E-state index contributed by atoms with van der Waals surface area (Å²) >= 11 is 0. The number of aryl methyl sites for hydroxylation is 2. The van der Waals surface area contributed by atoms with Gasteiger partial charge in [-0.1, -0.05) is 19.4 Å². The SMILES string of the molecule is CCCCN(CC)C(=O)CCNS(=O)(=O)c1ccc(C)c(C)c1. The number of unbranched alkanes of at least 4 members (excludes halogenated alkanes) is 1. The largest absolute Gasteiger partial charge is 0.343 e. The van der Waals surface area contributed by atoms with Crippen molar-refractivity contribution >= 4 is 15.9 Å². The lowest BCUT2D eigenvalue weighted by molar-refractivity contribution is -0.130. The maximum absolute atomic E-state index is 12.3. The van der Waals surface area contributed by atoms with Gasteiger partial charge in [0.25, 0.3) is 0 Å². The topological polar surface area (TPSA) is 66.5 Å². The van der Waals surface area contributed by atoms with Gasteiger partial charge in [0.05, 0.1) is 4.90 Å². The molecule has 23 heavy (non-hydrogen) atoms. The van der Waals surface area contributed by atoms with E-state index in [1.54, 1.807) is 23.1 Å². The maximum atomic E-state index is 12.3. The van der Waals surface area contributed by atoms with Crippen molar-refractivity contribution in [3.8, 4) is 0 Å². The fraction of sp³-hybridized carbons (Fsp3) is 0.588. The molecule has 0 aliphatic rings. The second-order valence-corrected chi connectivity index (χ2v) is 7.49. The van der Waals surface area contributed by atoms with Crippen molar-refractivity contribution in [1.29, 1.82) is 0 Å². The zero-order valence-corrected chi connectivity index (χ0v) is 15.4. The highest BCUT2D eigenvalue weighted by atomic mass is 32.2. The molecule has 0 heterocycles. The Kier molecular flexibility index (Phi) is 7.72. The molecule has 1 amide bonds. The molecular formula is C17H28N2O3S. The van der Waals surface area contributed by atoms with Gasteiger partial charge in [-0.2, -0.15) is 0 Å². The fourth-order valence-electron chi connectivity index (χ4n) is 2.22. The van der Waals surface area contributed by atoms with Crippen molar-refractivity contribution in [2.75, 3.05) is 19.6 Å². The van der Waals surface area contributed by atoms with E-state index in [0.29, 0.717) is 6.54 Å². The Morgan fingerprint density at radius 3 is 2.43 bits per heavy atom. The van der Waals surface area contributed by atoms with Gasteiger partial charge in [-0.15, -0.1) is 0 Å². The lowest BCUT2D eigenvalue weighted by Gasteiger charge is -2.20. The van der Waals surface area contributed by atoms with Crippen molar-refractivity contribution in [3.63, 3.8) is 0 Å². The molecule has 1 rings (SSSR count). The van der Waals surface area contributed by atoms with Crippen LogP contribution in [0.3, 0.4) is 0 Å². The molecule has 1 N–H and O–H groups in total. The van der Waals surface area contributed by atoms with Crippen LogP contribution in [0.1, 0.15) is 44.2 Å². The second kappa shape index (κ2) is 9.03. The Morgan fingerprint density at radius 2 is 1.87 bits per heavy atom. The fourth-order valence-corrected chi connectivity index (χ4v) is 3.34. The minimum Gasteiger partial charge on any atom is -0.343 e. The molecule has 5 nitrogen and oxygen atoms in total. The maximum Gasteiger partial charge on any atom is 0.240 e. The van der Waals surface area contributed by atoms with Crippen LogP contribution in [0.25, 0.3) is 0 Å². The molecule has 0 aromatic heterocycles. The lowest BCUT2D eigenvalue weighted by Crippen LogP contribution is -2.35. The third-order valence-corrected chi connectivity index (χ3v) is 5.39. The second-order valence-electron chi connectivity index (χ2n) is 5.72. The summed E-state index contributed by atoms with van der Waals surface area (Å²) in [7, 11) is -3.57. The van der Waals surface area contributed by atoms with E-state index in [1.165, 1.54) is 0 Å². The zero-order chi connectivity index (χ0) is 17.5. The van der Waals surface area contributed by atoms with E-state index < -0.39 is 10.0 Å². The van der Waals surface area contributed by atoms with Gasteiger partial charge in [0.15, 0.2) is 0 Å². The summed E-state index contributed by atoms with van der Waals surface area (Å²) < 4.78 is 27.0. The van der Waals surface area contributed by atoms with E-state index >= 15 is 0 Å². The number of rotatable bonds is 9. The summed E-state index contributed by atoms with van der Waals surface area (Å²) in [6.45, 7) is 9.34. The van der Waals surface area contributed by atoms with E-state index in [-0.39, 0.29) is 23.8 Å². The van der Waals surface area contributed by atoms with E-state index in [9.17, 15) is 13.2 Å². The Labute approximate surface area is 140 Å². The first kappa shape index (κ1) is 19.6. The number of benzene rings is 1. The van der Waals surface area contributed by atoms with Crippen molar-refractivity contribution < 1.29 is 13.2 Å². The van der Waals surface area contributed by atoms with Gasteiger partial charge in [-0.25, -0.2) is 13.1 Å². The molecule has 0 fully saturated rings. The number of amides is 1. The van der Waals surface area contributed by atoms with Crippen LogP contribution in [-0.4, -0.2) is 38.9 Å². The van der Waals surface area contributed by atoms with Crippen LogP contribution in [0.5, 0.6) is 0 Å². The number of hydrogen-bond donors (Lipinski definition) is 1. The predicted molar refractivity (Wildman–Crippen MR) is 92.9 cm³/mol. The van der Waals surface area contributed by atoms with Gasteiger partial charge in [-0.3, -0.25) is 4.79 Å². The Bertz CT molecular complexity index is 627. The minimum absolute atomic E-state index is 0.0104. The molecule has 130 valence electrons. The van der Waals surface area contributed by atoms with Gasteiger partial charge >= 0.3 is 0 Å². The first-order valence-corrected chi connectivity index (χ1v) is 9.64. The third-order valence-electron chi connectivity index (χ3n) is 3.94. The number of hydrogen-bond acceptors (Lipinski definition) is 3. The van der Waals surface area contributed by atoms with Crippen LogP contribution in [0.15, 0.2) is 23.1 Å². The van der Waals surface area contributed by atoms with E-state index in [2.05, 4.69) is 11.6 Å². The molecule has 0 radical (unpaired) electrons. The van der Waals surface area contributed by atoms with Crippen LogP contribution in [0.2, 0.25) is 0 Å². The predicted octanol–water partition coefficient (Wildman–Crippen LogP) is 2.62. The van der Waals surface area contributed by atoms with Crippen LogP contribution >= 0.6 is 0 Å². The number of carbonyl (C=O) groups excluding carboxylic acids is 1. The molecule has 1 aromatic rings. The molecule has 0 unspecified atom stereocenters. The molecule has 1 aromatic carbocycles. The van der Waals surface area contributed by atoms with Crippen LogP contribution in [0.4, 0.5) is 0 Å². The highest BCUT2D eigenvalue weighted by Crippen LogP contribution is 2.14.